The number of rotatable bonds is 1. The zero-order valence-electron chi connectivity index (χ0n) is 13.3. The number of aliphatic hydroxyl groups excluding tert-OH is 1. The summed E-state index contributed by atoms with van der Waals surface area (Å²) >= 11 is 0. The molecule has 0 spiro atoms. The molecule has 3 heteroatoms. The molecular weight excluding hydrogens is 252 g/mol. The van der Waals surface area contributed by atoms with Crippen molar-refractivity contribution in [3.63, 3.8) is 0 Å². The summed E-state index contributed by atoms with van der Waals surface area (Å²) in [6, 6.07) is 0. The van der Waals surface area contributed by atoms with Crippen LogP contribution in [0.4, 0.5) is 0 Å². The fourth-order valence-electron chi connectivity index (χ4n) is 1.75. The number of hydrogen-bond donors (Lipinski definition) is 1. The minimum Gasteiger partial charge on any atom is -0.504 e. The Kier molecular flexibility index (Phi) is 9.69. The van der Waals surface area contributed by atoms with Gasteiger partial charge < -0.3 is 5.11 Å². The Morgan fingerprint density at radius 1 is 1.15 bits per heavy atom. The van der Waals surface area contributed by atoms with Crippen LogP contribution in [-0.4, -0.2) is 16.7 Å². The van der Waals surface area contributed by atoms with Gasteiger partial charge in [0.2, 0.25) is 0 Å². The normalized spacial score (nSPS) is 18.5. The van der Waals surface area contributed by atoms with Crippen molar-refractivity contribution in [1.82, 2.24) is 0 Å². The summed E-state index contributed by atoms with van der Waals surface area (Å²) in [6.07, 6.45) is 8.54. The fourth-order valence-corrected chi connectivity index (χ4v) is 1.75. The van der Waals surface area contributed by atoms with E-state index in [1.54, 1.807) is 6.92 Å². The van der Waals surface area contributed by atoms with E-state index >= 15 is 0 Å². The van der Waals surface area contributed by atoms with Crippen LogP contribution in [0.3, 0.4) is 0 Å². The maximum absolute atomic E-state index is 10.5. The highest BCUT2D eigenvalue weighted by molar-refractivity contribution is 5.96. The minimum atomic E-state index is -0.109. The van der Waals surface area contributed by atoms with Crippen LogP contribution >= 0.6 is 0 Å². The maximum atomic E-state index is 10.5. The van der Waals surface area contributed by atoms with Crippen LogP contribution in [0.5, 0.6) is 0 Å². The van der Waals surface area contributed by atoms with E-state index in [0.29, 0.717) is 12.2 Å². The maximum Gasteiger partial charge on any atom is 0.197 e. The van der Waals surface area contributed by atoms with Crippen molar-refractivity contribution in [3.05, 3.63) is 23.0 Å². The van der Waals surface area contributed by atoms with Crippen molar-refractivity contribution in [2.24, 2.45) is 0 Å². The summed E-state index contributed by atoms with van der Waals surface area (Å²) in [4.78, 5) is 20.7. The molecule has 0 aliphatic heterocycles. The summed E-state index contributed by atoms with van der Waals surface area (Å²) in [5, 5.41) is 8.80. The molecule has 20 heavy (non-hydrogen) atoms. The molecule has 114 valence electrons. The van der Waals surface area contributed by atoms with Gasteiger partial charge in [0, 0.05) is 19.3 Å². The van der Waals surface area contributed by atoms with Gasteiger partial charge in [-0.25, -0.2) is 0 Å². The van der Waals surface area contributed by atoms with Crippen LogP contribution in [0.2, 0.25) is 0 Å². The molecule has 0 saturated heterocycles. The average molecular weight is 280 g/mol. The predicted molar refractivity (Wildman–Crippen MR) is 82.8 cm³/mol. The van der Waals surface area contributed by atoms with E-state index in [1.807, 2.05) is 0 Å². The molecule has 0 unspecified atom stereocenters. The van der Waals surface area contributed by atoms with Crippen molar-refractivity contribution in [1.29, 1.82) is 0 Å². The van der Waals surface area contributed by atoms with E-state index in [1.165, 1.54) is 12.0 Å². The molecule has 2 aliphatic rings. The first-order chi connectivity index (χ1) is 9.42. The lowest BCUT2D eigenvalue weighted by molar-refractivity contribution is -0.118. The number of carbonyl (C=O) groups excluding carboxylic acids is 2. The molecule has 0 aromatic heterocycles. The molecule has 0 heterocycles. The molecule has 3 nitrogen and oxygen atoms in total. The monoisotopic (exact) mass is 280 g/mol. The summed E-state index contributed by atoms with van der Waals surface area (Å²) in [7, 11) is 0. The lowest BCUT2D eigenvalue weighted by Gasteiger charge is -1.85. The minimum absolute atomic E-state index is 0.00926. The molecule has 0 aromatic carbocycles. The van der Waals surface area contributed by atoms with Crippen LogP contribution in [0, 0.1) is 0 Å². The molecule has 0 amide bonds. The lowest BCUT2D eigenvalue weighted by Crippen LogP contribution is -1.92. The molecule has 0 bridgehead atoms. The van der Waals surface area contributed by atoms with Crippen molar-refractivity contribution >= 4 is 11.6 Å². The Labute approximate surface area is 122 Å². The van der Waals surface area contributed by atoms with Gasteiger partial charge in [0.1, 0.15) is 5.78 Å². The van der Waals surface area contributed by atoms with Crippen molar-refractivity contribution < 1.29 is 14.7 Å². The second-order valence-corrected chi connectivity index (χ2v) is 5.29. The first kappa shape index (κ1) is 18.6. The third kappa shape index (κ3) is 7.93. The quantitative estimate of drug-likeness (QED) is 0.710. The highest BCUT2D eigenvalue weighted by Crippen LogP contribution is 2.19. The van der Waals surface area contributed by atoms with E-state index in [9.17, 15) is 9.59 Å². The zero-order valence-corrected chi connectivity index (χ0v) is 13.3. The van der Waals surface area contributed by atoms with E-state index in [4.69, 9.17) is 5.11 Å². The molecule has 1 saturated carbocycles. The van der Waals surface area contributed by atoms with Gasteiger partial charge in [-0.3, -0.25) is 9.59 Å². The second kappa shape index (κ2) is 10.4. The van der Waals surface area contributed by atoms with Gasteiger partial charge in [-0.1, -0.05) is 18.6 Å². The largest absolute Gasteiger partial charge is 0.504 e. The van der Waals surface area contributed by atoms with Gasteiger partial charge in [-0.2, -0.15) is 0 Å². The van der Waals surface area contributed by atoms with E-state index < -0.39 is 0 Å². The van der Waals surface area contributed by atoms with Crippen molar-refractivity contribution in [2.75, 3.05) is 0 Å². The number of Topliss-reactive ketones (excluding diaryl/α,β-unsaturated/α-hetero) is 2. The fraction of sp³-hybridized carbons (Fsp3) is 0.647. The Bertz CT molecular complexity index is 381. The van der Waals surface area contributed by atoms with Crippen LogP contribution in [0.25, 0.3) is 0 Å². The topological polar surface area (TPSA) is 54.4 Å². The molecule has 0 aromatic rings. The van der Waals surface area contributed by atoms with E-state index in [2.05, 4.69) is 26.8 Å². The molecule has 0 atom stereocenters. The van der Waals surface area contributed by atoms with Crippen LogP contribution < -0.4 is 0 Å². The average Bonchev–Trinajstić information content (AvgIpc) is 3.04. The summed E-state index contributed by atoms with van der Waals surface area (Å²) in [5.41, 5.74) is 2.30. The van der Waals surface area contributed by atoms with Crippen LogP contribution in [-0.2, 0) is 9.59 Å². The third-order valence-electron chi connectivity index (χ3n) is 3.61. The summed E-state index contributed by atoms with van der Waals surface area (Å²) in [5.74, 6) is 0.336. The van der Waals surface area contributed by atoms with Crippen molar-refractivity contribution in [3.8, 4) is 0 Å². The summed E-state index contributed by atoms with van der Waals surface area (Å²) in [6.45, 7) is 8.15. The SMILES string of the molecule is C/C=C(/C)CC.CC1=C(O)C(=O)CC1.O=C1CCCC1. The van der Waals surface area contributed by atoms with Gasteiger partial charge in [0.15, 0.2) is 11.5 Å². The van der Waals surface area contributed by atoms with Gasteiger partial charge >= 0.3 is 0 Å². The number of hydrogen-bond acceptors (Lipinski definition) is 3. The Balaban J connectivity index is 0.000000276. The van der Waals surface area contributed by atoms with Crippen LogP contribution in [0.1, 0.15) is 72.6 Å². The Hall–Kier alpha value is -1.38. The smallest absolute Gasteiger partial charge is 0.197 e. The molecular formula is C17H28O3. The van der Waals surface area contributed by atoms with Gasteiger partial charge in [0.05, 0.1) is 0 Å². The predicted octanol–water partition coefficient (Wildman–Crippen LogP) is 4.67. The highest BCUT2D eigenvalue weighted by Gasteiger charge is 2.17. The van der Waals surface area contributed by atoms with E-state index in [-0.39, 0.29) is 11.5 Å². The van der Waals surface area contributed by atoms with Gasteiger partial charge in [-0.05, 0) is 52.0 Å². The first-order valence-corrected chi connectivity index (χ1v) is 7.47. The van der Waals surface area contributed by atoms with E-state index in [0.717, 1.165) is 37.7 Å². The second-order valence-electron chi connectivity index (χ2n) is 5.29. The Morgan fingerprint density at radius 3 is 1.80 bits per heavy atom. The van der Waals surface area contributed by atoms with Gasteiger partial charge in [0.25, 0.3) is 0 Å². The molecule has 0 radical (unpaired) electrons. The lowest BCUT2D eigenvalue weighted by atomic mass is 10.2. The van der Waals surface area contributed by atoms with Crippen molar-refractivity contribution in [2.45, 2.75) is 72.6 Å². The van der Waals surface area contributed by atoms with Gasteiger partial charge in [-0.15, -0.1) is 0 Å². The molecule has 1 N–H and O–H groups in total. The molecule has 2 rings (SSSR count). The standard InChI is InChI=1S/C6H8O2.C6H12.C5H8O/c1-4-2-3-5(7)6(4)8;1-4-6(3)5-2;6-5-3-1-2-4-5/h8H,2-3H2,1H3;4H,5H2,1-3H3;1-4H2/b;6-4-;. The first-order valence-electron chi connectivity index (χ1n) is 7.47. The zero-order chi connectivity index (χ0) is 15.5. The van der Waals surface area contributed by atoms with Crippen LogP contribution in [0.15, 0.2) is 23.0 Å². The summed E-state index contributed by atoms with van der Waals surface area (Å²) < 4.78 is 0. The number of aliphatic hydroxyl groups is 1. The Morgan fingerprint density at radius 2 is 1.70 bits per heavy atom. The number of ketones is 2. The highest BCUT2D eigenvalue weighted by atomic mass is 16.3. The third-order valence-corrected chi connectivity index (χ3v) is 3.61. The number of allylic oxidation sites excluding steroid dienone is 4. The molecule has 1 fully saturated rings. The number of carbonyl (C=O) groups is 2. The molecule has 2 aliphatic carbocycles.